The normalized spacial score (nSPS) is 20.1. The molecule has 3 N–H and O–H groups in total. The Bertz CT molecular complexity index is 986. The average molecular weight is 409 g/mol. The molecule has 1 unspecified atom stereocenters. The standard InChI is InChI=1S/C21H27N7O2/c29-19(12-15-2-1-11-30-15)28-9-5-14(6-10-28)17-4-3-16-20(26-27-21(16)25-17)24-13-18-22-7-8-23-18/h3-4,7-8,14-15H,1-2,5-6,9-13H2,(H,22,23)(H2,24,25,26,27). The number of carbonyl (C=O) groups is 1. The zero-order valence-corrected chi connectivity index (χ0v) is 16.9. The van der Waals surface area contributed by atoms with Crippen LogP contribution in [0.25, 0.3) is 11.0 Å². The van der Waals surface area contributed by atoms with Gasteiger partial charge in [-0.15, -0.1) is 0 Å². The van der Waals surface area contributed by atoms with Gasteiger partial charge in [0, 0.05) is 43.7 Å². The molecule has 0 saturated carbocycles. The number of nitrogens with zero attached hydrogens (tertiary/aromatic N) is 4. The summed E-state index contributed by atoms with van der Waals surface area (Å²) in [6.07, 6.45) is 8.13. The Hall–Kier alpha value is -2.94. The highest BCUT2D eigenvalue weighted by molar-refractivity contribution is 5.87. The lowest BCUT2D eigenvalue weighted by atomic mass is 9.92. The lowest BCUT2D eigenvalue weighted by molar-refractivity contribution is -0.134. The number of piperidine rings is 1. The molecule has 3 aromatic heterocycles. The van der Waals surface area contributed by atoms with Gasteiger partial charge in [-0.1, -0.05) is 0 Å². The number of rotatable bonds is 6. The molecule has 0 bridgehead atoms. The summed E-state index contributed by atoms with van der Waals surface area (Å²) in [5, 5.41) is 11.6. The molecule has 30 heavy (non-hydrogen) atoms. The minimum Gasteiger partial charge on any atom is -0.378 e. The molecular formula is C21H27N7O2. The van der Waals surface area contributed by atoms with Crippen LogP contribution in [0.3, 0.4) is 0 Å². The van der Waals surface area contributed by atoms with E-state index in [9.17, 15) is 4.79 Å². The summed E-state index contributed by atoms with van der Waals surface area (Å²) in [5.41, 5.74) is 1.85. The second kappa shape index (κ2) is 8.43. The number of carbonyl (C=O) groups excluding carboxylic acids is 1. The van der Waals surface area contributed by atoms with Crippen LogP contribution in [-0.2, 0) is 16.1 Å². The van der Waals surface area contributed by atoms with E-state index in [-0.39, 0.29) is 12.0 Å². The zero-order chi connectivity index (χ0) is 20.3. The van der Waals surface area contributed by atoms with Crippen LogP contribution in [0.5, 0.6) is 0 Å². The molecule has 0 aromatic carbocycles. The third kappa shape index (κ3) is 4.02. The highest BCUT2D eigenvalue weighted by atomic mass is 16.5. The summed E-state index contributed by atoms with van der Waals surface area (Å²) in [4.78, 5) is 26.6. The largest absolute Gasteiger partial charge is 0.378 e. The molecule has 2 aliphatic rings. The fourth-order valence-electron chi connectivity index (χ4n) is 4.40. The summed E-state index contributed by atoms with van der Waals surface area (Å²) in [6.45, 7) is 2.94. The van der Waals surface area contributed by atoms with Crippen molar-refractivity contribution in [3.63, 3.8) is 0 Å². The van der Waals surface area contributed by atoms with E-state index in [2.05, 4.69) is 37.6 Å². The highest BCUT2D eigenvalue weighted by Crippen LogP contribution is 2.30. The molecule has 0 spiro atoms. The van der Waals surface area contributed by atoms with Gasteiger partial charge < -0.3 is 19.9 Å². The molecule has 0 aliphatic carbocycles. The van der Waals surface area contributed by atoms with Crippen LogP contribution >= 0.6 is 0 Å². The Balaban J connectivity index is 1.19. The number of H-pyrrole nitrogens is 2. The molecular weight excluding hydrogens is 382 g/mol. The zero-order valence-electron chi connectivity index (χ0n) is 16.9. The van der Waals surface area contributed by atoms with E-state index in [1.54, 1.807) is 12.4 Å². The molecule has 158 valence electrons. The predicted molar refractivity (Wildman–Crippen MR) is 112 cm³/mol. The van der Waals surface area contributed by atoms with Crippen molar-refractivity contribution in [1.29, 1.82) is 0 Å². The number of imidazole rings is 1. The molecule has 2 saturated heterocycles. The number of likely N-dealkylation sites (tertiary alicyclic amines) is 1. The van der Waals surface area contributed by atoms with E-state index in [1.807, 2.05) is 4.90 Å². The molecule has 9 nitrogen and oxygen atoms in total. The van der Waals surface area contributed by atoms with E-state index in [1.165, 1.54) is 0 Å². The second-order valence-electron chi connectivity index (χ2n) is 8.09. The topological polar surface area (TPSA) is 112 Å². The fraction of sp³-hybridized carbons (Fsp3) is 0.524. The maximum atomic E-state index is 12.5. The molecule has 2 fully saturated rings. The monoisotopic (exact) mass is 409 g/mol. The van der Waals surface area contributed by atoms with Crippen molar-refractivity contribution in [2.75, 3.05) is 25.0 Å². The van der Waals surface area contributed by atoms with Gasteiger partial charge in [0.05, 0.1) is 24.5 Å². The van der Waals surface area contributed by atoms with Crippen LogP contribution in [0.15, 0.2) is 24.5 Å². The summed E-state index contributed by atoms with van der Waals surface area (Å²) >= 11 is 0. The minimum absolute atomic E-state index is 0.121. The lowest BCUT2D eigenvalue weighted by Gasteiger charge is -2.32. The number of anilines is 1. The molecule has 1 atom stereocenters. The second-order valence-corrected chi connectivity index (χ2v) is 8.09. The molecule has 0 radical (unpaired) electrons. The Morgan fingerprint density at radius 3 is 2.93 bits per heavy atom. The number of nitrogens with one attached hydrogen (secondary N) is 3. The Labute approximate surface area is 174 Å². The molecule has 3 aromatic rings. The number of hydrogen-bond acceptors (Lipinski definition) is 6. The van der Waals surface area contributed by atoms with E-state index in [0.717, 1.165) is 73.7 Å². The Morgan fingerprint density at radius 1 is 1.27 bits per heavy atom. The molecule has 9 heteroatoms. The van der Waals surface area contributed by atoms with Gasteiger partial charge in [-0.2, -0.15) is 5.10 Å². The molecule has 5 heterocycles. The number of aromatic nitrogens is 5. The molecule has 5 rings (SSSR count). The molecule has 1 amide bonds. The number of amides is 1. The van der Waals surface area contributed by atoms with E-state index in [0.29, 0.717) is 18.9 Å². The van der Waals surface area contributed by atoms with Crippen LogP contribution in [0.4, 0.5) is 5.82 Å². The summed E-state index contributed by atoms with van der Waals surface area (Å²) in [5.74, 6) is 2.22. The number of aromatic amines is 2. The third-order valence-corrected chi connectivity index (χ3v) is 6.12. The van der Waals surface area contributed by atoms with Crippen LogP contribution in [0.1, 0.15) is 49.5 Å². The van der Waals surface area contributed by atoms with Crippen molar-refractivity contribution in [3.05, 3.63) is 36.0 Å². The van der Waals surface area contributed by atoms with Crippen molar-refractivity contribution in [2.24, 2.45) is 0 Å². The summed E-state index contributed by atoms with van der Waals surface area (Å²) < 4.78 is 5.61. The van der Waals surface area contributed by atoms with Gasteiger partial charge in [0.15, 0.2) is 11.5 Å². The van der Waals surface area contributed by atoms with Crippen molar-refractivity contribution in [1.82, 2.24) is 30.0 Å². The molecule has 2 aliphatic heterocycles. The van der Waals surface area contributed by atoms with Crippen molar-refractivity contribution >= 4 is 22.8 Å². The van der Waals surface area contributed by atoms with Crippen LogP contribution < -0.4 is 5.32 Å². The smallest absolute Gasteiger partial charge is 0.225 e. The van der Waals surface area contributed by atoms with Crippen LogP contribution in [-0.4, -0.2) is 61.8 Å². The predicted octanol–water partition coefficient (Wildman–Crippen LogP) is 2.57. The van der Waals surface area contributed by atoms with Crippen molar-refractivity contribution in [3.8, 4) is 0 Å². The van der Waals surface area contributed by atoms with Gasteiger partial charge in [-0.05, 0) is 37.8 Å². The lowest BCUT2D eigenvalue weighted by Crippen LogP contribution is -2.39. The van der Waals surface area contributed by atoms with E-state index in [4.69, 9.17) is 9.72 Å². The summed E-state index contributed by atoms with van der Waals surface area (Å²) in [6, 6.07) is 4.16. The first-order valence-corrected chi connectivity index (χ1v) is 10.7. The number of hydrogen-bond donors (Lipinski definition) is 3. The highest BCUT2D eigenvalue weighted by Gasteiger charge is 2.27. The van der Waals surface area contributed by atoms with Crippen LogP contribution in [0.2, 0.25) is 0 Å². The van der Waals surface area contributed by atoms with Gasteiger partial charge in [-0.3, -0.25) is 9.89 Å². The number of pyridine rings is 1. The van der Waals surface area contributed by atoms with Gasteiger partial charge >= 0.3 is 0 Å². The quantitative estimate of drug-likeness (QED) is 0.577. The first kappa shape index (κ1) is 19.0. The van der Waals surface area contributed by atoms with Gasteiger partial charge in [0.1, 0.15) is 5.82 Å². The maximum absolute atomic E-state index is 12.5. The van der Waals surface area contributed by atoms with Gasteiger partial charge in [-0.25, -0.2) is 9.97 Å². The van der Waals surface area contributed by atoms with Crippen molar-refractivity contribution < 1.29 is 9.53 Å². The number of ether oxygens (including phenoxy) is 1. The third-order valence-electron chi connectivity index (χ3n) is 6.12. The SMILES string of the molecule is O=C(CC1CCCO1)N1CCC(c2ccc3c(NCc4ncc[nH]4)n[nH]c3n2)CC1. The van der Waals surface area contributed by atoms with Crippen LogP contribution in [0, 0.1) is 0 Å². The fourth-order valence-corrected chi connectivity index (χ4v) is 4.40. The number of fused-ring (bicyclic) bond motifs is 1. The Morgan fingerprint density at radius 2 is 2.17 bits per heavy atom. The Kier molecular flexibility index (Phi) is 5.35. The first-order chi connectivity index (χ1) is 14.8. The van der Waals surface area contributed by atoms with Crippen molar-refractivity contribution in [2.45, 2.75) is 50.7 Å². The van der Waals surface area contributed by atoms with Gasteiger partial charge in [0.2, 0.25) is 5.91 Å². The summed E-state index contributed by atoms with van der Waals surface area (Å²) in [7, 11) is 0. The first-order valence-electron chi connectivity index (χ1n) is 10.7. The average Bonchev–Trinajstić information content (AvgIpc) is 3.54. The van der Waals surface area contributed by atoms with E-state index < -0.39 is 0 Å². The van der Waals surface area contributed by atoms with Gasteiger partial charge in [0.25, 0.3) is 0 Å². The minimum atomic E-state index is 0.121. The maximum Gasteiger partial charge on any atom is 0.225 e. The van der Waals surface area contributed by atoms with E-state index >= 15 is 0 Å².